The van der Waals surface area contributed by atoms with Crippen molar-refractivity contribution in [3.63, 3.8) is 0 Å². The number of hydrazine groups is 1. The fraction of sp³-hybridized carbons (Fsp3) is 0.571. The summed E-state index contributed by atoms with van der Waals surface area (Å²) in [6, 6.07) is 4.96. The van der Waals surface area contributed by atoms with E-state index < -0.39 is 0 Å². The maximum Gasteiger partial charge on any atom is 0.141 e. The van der Waals surface area contributed by atoms with Crippen molar-refractivity contribution in [2.24, 2.45) is 5.84 Å². The molecule has 1 saturated heterocycles. The Morgan fingerprint density at radius 1 is 1.53 bits per heavy atom. The number of benzene rings is 1. The highest BCUT2D eigenvalue weighted by molar-refractivity contribution is 6.30. The van der Waals surface area contributed by atoms with E-state index in [9.17, 15) is 4.39 Å². The van der Waals surface area contributed by atoms with E-state index in [0.717, 1.165) is 44.3 Å². The van der Waals surface area contributed by atoms with Gasteiger partial charge in [0, 0.05) is 12.6 Å². The van der Waals surface area contributed by atoms with Crippen LogP contribution in [0.3, 0.4) is 0 Å². The third kappa shape index (κ3) is 4.42. The summed E-state index contributed by atoms with van der Waals surface area (Å²) in [5.74, 6) is 5.19. The standard InChI is InChI=1S/C14H20ClFN2O/c15-13-9-10(3-6-14(13)16)8-11(18-17)4-5-12-2-1-7-19-12/h3,6,9,11-12,18H,1-2,4-5,7-8,17H2. The van der Waals surface area contributed by atoms with Crippen LogP contribution in [0.1, 0.15) is 31.2 Å². The molecule has 5 heteroatoms. The van der Waals surface area contributed by atoms with E-state index in [1.807, 2.05) is 0 Å². The van der Waals surface area contributed by atoms with Gasteiger partial charge in [0.1, 0.15) is 5.82 Å². The molecule has 1 aromatic rings. The van der Waals surface area contributed by atoms with Crippen molar-refractivity contribution in [3.05, 3.63) is 34.6 Å². The van der Waals surface area contributed by atoms with Crippen molar-refractivity contribution in [1.29, 1.82) is 0 Å². The van der Waals surface area contributed by atoms with Crippen LogP contribution in [0.5, 0.6) is 0 Å². The molecule has 1 fully saturated rings. The predicted octanol–water partition coefficient (Wildman–Crippen LogP) is 2.81. The second-order valence-electron chi connectivity index (χ2n) is 5.03. The van der Waals surface area contributed by atoms with Crippen molar-refractivity contribution in [2.75, 3.05) is 6.61 Å². The van der Waals surface area contributed by atoms with Gasteiger partial charge in [-0.2, -0.15) is 0 Å². The summed E-state index contributed by atoms with van der Waals surface area (Å²) in [6.07, 6.45) is 5.34. The molecule has 1 aliphatic heterocycles. The summed E-state index contributed by atoms with van der Waals surface area (Å²) in [7, 11) is 0. The molecule has 2 unspecified atom stereocenters. The van der Waals surface area contributed by atoms with E-state index in [2.05, 4.69) is 5.43 Å². The average Bonchev–Trinajstić information content (AvgIpc) is 2.92. The number of hydrogen-bond acceptors (Lipinski definition) is 3. The number of halogens is 2. The molecule has 1 aliphatic rings. The lowest BCUT2D eigenvalue weighted by Gasteiger charge is -2.18. The first-order chi connectivity index (χ1) is 9.19. The molecular formula is C14H20ClFN2O. The molecule has 0 amide bonds. The van der Waals surface area contributed by atoms with Gasteiger partial charge in [-0.1, -0.05) is 17.7 Å². The zero-order chi connectivity index (χ0) is 13.7. The van der Waals surface area contributed by atoms with Gasteiger partial charge in [-0.3, -0.25) is 11.3 Å². The monoisotopic (exact) mass is 286 g/mol. The lowest BCUT2D eigenvalue weighted by atomic mass is 10.00. The lowest BCUT2D eigenvalue weighted by Crippen LogP contribution is -2.37. The molecule has 1 aromatic carbocycles. The van der Waals surface area contributed by atoms with Gasteiger partial charge in [0.15, 0.2) is 0 Å². The first-order valence-corrected chi connectivity index (χ1v) is 7.08. The molecule has 0 aliphatic carbocycles. The Bertz CT molecular complexity index is 410. The summed E-state index contributed by atoms with van der Waals surface area (Å²) in [6.45, 7) is 0.874. The van der Waals surface area contributed by atoms with Crippen LogP contribution in [-0.2, 0) is 11.2 Å². The molecule has 19 heavy (non-hydrogen) atoms. The minimum Gasteiger partial charge on any atom is -0.378 e. The Kier molecular flexibility index (Phi) is 5.58. The van der Waals surface area contributed by atoms with Crippen molar-refractivity contribution in [2.45, 2.75) is 44.2 Å². The SMILES string of the molecule is NNC(CCC1CCCO1)Cc1ccc(F)c(Cl)c1. The highest BCUT2D eigenvalue weighted by atomic mass is 35.5. The zero-order valence-electron chi connectivity index (χ0n) is 10.9. The van der Waals surface area contributed by atoms with E-state index >= 15 is 0 Å². The molecule has 1 heterocycles. The normalized spacial score (nSPS) is 20.7. The Morgan fingerprint density at radius 2 is 2.37 bits per heavy atom. The van der Waals surface area contributed by atoms with Crippen LogP contribution in [0.25, 0.3) is 0 Å². The molecule has 0 radical (unpaired) electrons. The van der Waals surface area contributed by atoms with Gasteiger partial charge in [-0.25, -0.2) is 4.39 Å². The molecule has 3 N–H and O–H groups in total. The van der Waals surface area contributed by atoms with E-state index in [4.69, 9.17) is 22.2 Å². The fourth-order valence-corrected chi connectivity index (χ4v) is 2.66. The minimum absolute atomic E-state index is 0.158. The number of hydrogen-bond donors (Lipinski definition) is 2. The Hall–Kier alpha value is -0.680. The van der Waals surface area contributed by atoms with Crippen LogP contribution in [0.15, 0.2) is 18.2 Å². The summed E-state index contributed by atoms with van der Waals surface area (Å²) in [5, 5.41) is 0.160. The van der Waals surface area contributed by atoms with Crippen molar-refractivity contribution >= 4 is 11.6 Å². The van der Waals surface area contributed by atoms with Gasteiger partial charge >= 0.3 is 0 Å². The molecule has 0 bridgehead atoms. The number of nitrogens with one attached hydrogen (secondary N) is 1. The van der Waals surface area contributed by atoms with Crippen molar-refractivity contribution in [3.8, 4) is 0 Å². The summed E-state index contributed by atoms with van der Waals surface area (Å²) in [4.78, 5) is 0. The topological polar surface area (TPSA) is 47.3 Å². The number of ether oxygens (including phenoxy) is 1. The maximum atomic E-state index is 13.1. The first kappa shape index (κ1) is 14.7. The quantitative estimate of drug-likeness (QED) is 0.624. The van der Waals surface area contributed by atoms with Gasteiger partial charge in [-0.05, 0) is 49.8 Å². The van der Waals surface area contributed by atoms with Gasteiger partial charge in [0.25, 0.3) is 0 Å². The van der Waals surface area contributed by atoms with E-state index in [1.54, 1.807) is 12.1 Å². The molecule has 0 aromatic heterocycles. The Balaban J connectivity index is 1.85. The van der Waals surface area contributed by atoms with Gasteiger partial charge < -0.3 is 4.74 Å². The third-order valence-corrected chi connectivity index (χ3v) is 3.85. The second kappa shape index (κ2) is 7.20. The van der Waals surface area contributed by atoms with Crippen molar-refractivity contribution < 1.29 is 9.13 Å². The molecular weight excluding hydrogens is 267 g/mol. The summed E-state index contributed by atoms with van der Waals surface area (Å²) in [5.41, 5.74) is 3.80. The predicted molar refractivity (Wildman–Crippen MR) is 74.4 cm³/mol. The van der Waals surface area contributed by atoms with Crippen molar-refractivity contribution in [1.82, 2.24) is 5.43 Å². The molecule has 3 nitrogen and oxygen atoms in total. The first-order valence-electron chi connectivity index (χ1n) is 6.70. The third-order valence-electron chi connectivity index (χ3n) is 3.56. The molecule has 0 saturated carbocycles. The smallest absolute Gasteiger partial charge is 0.141 e. The highest BCUT2D eigenvalue weighted by Gasteiger charge is 2.17. The minimum atomic E-state index is -0.387. The summed E-state index contributed by atoms with van der Waals surface area (Å²) < 4.78 is 18.7. The molecule has 2 atom stereocenters. The Morgan fingerprint density at radius 3 is 3.00 bits per heavy atom. The number of rotatable bonds is 6. The van der Waals surface area contributed by atoms with E-state index in [-0.39, 0.29) is 16.9 Å². The second-order valence-corrected chi connectivity index (χ2v) is 5.44. The van der Waals surface area contributed by atoms with Gasteiger partial charge in [0.05, 0.1) is 11.1 Å². The van der Waals surface area contributed by atoms with Crippen LogP contribution in [0.4, 0.5) is 4.39 Å². The maximum absolute atomic E-state index is 13.1. The average molecular weight is 287 g/mol. The van der Waals surface area contributed by atoms with Crippen LogP contribution in [-0.4, -0.2) is 18.8 Å². The zero-order valence-corrected chi connectivity index (χ0v) is 11.6. The molecule has 2 rings (SSSR count). The highest BCUT2D eigenvalue weighted by Crippen LogP contribution is 2.20. The van der Waals surface area contributed by atoms with Crippen LogP contribution >= 0.6 is 11.6 Å². The van der Waals surface area contributed by atoms with Crippen LogP contribution in [0, 0.1) is 5.82 Å². The number of nitrogens with two attached hydrogens (primary N) is 1. The van der Waals surface area contributed by atoms with Gasteiger partial charge in [0.2, 0.25) is 0 Å². The van der Waals surface area contributed by atoms with E-state index in [0.29, 0.717) is 6.10 Å². The molecule has 106 valence electrons. The molecule has 0 spiro atoms. The van der Waals surface area contributed by atoms with Crippen LogP contribution < -0.4 is 11.3 Å². The van der Waals surface area contributed by atoms with Crippen LogP contribution in [0.2, 0.25) is 5.02 Å². The van der Waals surface area contributed by atoms with E-state index in [1.165, 1.54) is 6.07 Å². The lowest BCUT2D eigenvalue weighted by molar-refractivity contribution is 0.0996. The summed E-state index contributed by atoms with van der Waals surface area (Å²) >= 11 is 5.77. The van der Waals surface area contributed by atoms with Gasteiger partial charge in [-0.15, -0.1) is 0 Å². The Labute approximate surface area is 118 Å². The fourth-order valence-electron chi connectivity index (χ4n) is 2.45. The largest absolute Gasteiger partial charge is 0.378 e.